The van der Waals surface area contributed by atoms with E-state index in [1.165, 1.54) is 6.07 Å². The fourth-order valence-electron chi connectivity index (χ4n) is 1.61. The predicted molar refractivity (Wildman–Crippen MR) is 66.3 cm³/mol. The Morgan fingerprint density at radius 1 is 1.05 bits per heavy atom. The van der Waals surface area contributed by atoms with Crippen molar-refractivity contribution in [3.63, 3.8) is 0 Å². The number of esters is 1. The molecule has 0 saturated carbocycles. The lowest BCUT2D eigenvalue weighted by molar-refractivity contribution is -0.144. The minimum atomic E-state index is -0.739. The van der Waals surface area contributed by atoms with Gasteiger partial charge in [-0.05, 0) is 17.2 Å². The van der Waals surface area contributed by atoms with Crippen LogP contribution in [0.5, 0.6) is 0 Å². The number of hydrogen-bond acceptors (Lipinski definition) is 2. The van der Waals surface area contributed by atoms with Crippen LogP contribution in [0.3, 0.4) is 0 Å². The summed E-state index contributed by atoms with van der Waals surface area (Å²) in [6, 6.07) is 12.3. The summed E-state index contributed by atoms with van der Waals surface area (Å²) >= 11 is 0. The molecule has 4 heteroatoms. The van der Waals surface area contributed by atoms with E-state index in [4.69, 9.17) is 4.74 Å². The fraction of sp³-hybridized carbons (Fsp3) is 0.133. The maximum Gasteiger partial charge on any atom is 0.310 e. The van der Waals surface area contributed by atoms with E-state index in [9.17, 15) is 13.6 Å². The summed E-state index contributed by atoms with van der Waals surface area (Å²) < 4.78 is 31.0. The second-order valence-corrected chi connectivity index (χ2v) is 4.06. The monoisotopic (exact) mass is 262 g/mol. The molecule has 0 aromatic heterocycles. The minimum absolute atomic E-state index is 0.125. The molecule has 98 valence electrons. The number of ether oxygens (including phenoxy) is 1. The van der Waals surface area contributed by atoms with Gasteiger partial charge in [0.2, 0.25) is 0 Å². The quantitative estimate of drug-likeness (QED) is 0.791. The Balaban J connectivity index is 1.91. The van der Waals surface area contributed by atoms with E-state index in [0.29, 0.717) is 0 Å². The second-order valence-electron chi connectivity index (χ2n) is 4.06. The zero-order valence-electron chi connectivity index (χ0n) is 10.1. The molecule has 0 saturated heterocycles. The molecule has 2 nitrogen and oxygen atoms in total. The predicted octanol–water partition coefficient (Wildman–Crippen LogP) is 3.25. The third-order valence-corrected chi connectivity index (χ3v) is 2.59. The summed E-state index contributed by atoms with van der Waals surface area (Å²) in [5, 5.41) is 0. The first kappa shape index (κ1) is 13.2. The first-order chi connectivity index (χ1) is 9.15. The summed E-state index contributed by atoms with van der Waals surface area (Å²) in [4.78, 5) is 11.5. The molecular weight excluding hydrogens is 250 g/mol. The van der Waals surface area contributed by atoms with E-state index >= 15 is 0 Å². The van der Waals surface area contributed by atoms with Gasteiger partial charge in [0.15, 0.2) is 0 Å². The van der Waals surface area contributed by atoms with Crippen molar-refractivity contribution in [1.29, 1.82) is 0 Å². The number of carbonyl (C=O) groups is 1. The largest absolute Gasteiger partial charge is 0.461 e. The Hall–Kier alpha value is -2.23. The molecule has 0 spiro atoms. The van der Waals surface area contributed by atoms with Crippen molar-refractivity contribution in [2.45, 2.75) is 13.0 Å². The highest BCUT2D eigenvalue weighted by molar-refractivity contribution is 5.72. The van der Waals surface area contributed by atoms with Gasteiger partial charge in [-0.15, -0.1) is 0 Å². The highest BCUT2D eigenvalue weighted by Gasteiger charge is 2.10. The molecule has 0 heterocycles. The molecule has 2 aromatic carbocycles. The molecule has 2 aromatic rings. The zero-order chi connectivity index (χ0) is 13.7. The molecule has 0 aliphatic carbocycles. The summed E-state index contributed by atoms with van der Waals surface area (Å²) in [6.07, 6.45) is -0.209. The van der Waals surface area contributed by atoms with Gasteiger partial charge in [0.1, 0.15) is 18.2 Å². The van der Waals surface area contributed by atoms with Gasteiger partial charge < -0.3 is 4.74 Å². The maximum absolute atomic E-state index is 13.3. The van der Waals surface area contributed by atoms with Crippen LogP contribution in [0.1, 0.15) is 11.1 Å². The maximum atomic E-state index is 13.3. The summed E-state index contributed by atoms with van der Waals surface area (Å²) in [6.45, 7) is 0.141. The SMILES string of the molecule is O=C(Cc1ccc(F)cc1F)OCc1ccccc1. The van der Waals surface area contributed by atoms with Crippen LogP contribution in [0.4, 0.5) is 8.78 Å². The molecule has 0 aliphatic heterocycles. The lowest BCUT2D eigenvalue weighted by Crippen LogP contribution is -2.09. The highest BCUT2D eigenvalue weighted by atomic mass is 19.1. The second kappa shape index (κ2) is 6.09. The lowest BCUT2D eigenvalue weighted by atomic mass is 10.1. The Morgan fingerprint density at radius 3 is 2.47 bits per heavy atom. The third-order valence-electron chi connectivity index (χ3n) is 2.59. The van der Waals surface area contributed by atoms with Gasteiger partial charge in [0.05, 0.1) is 6.42 Å². The van der Waals surface area contributed by atoms with E-state index in [1.54, 1.807) is 0 Å². The van der Waals surface area contributed by atoms with Crippen LogP contribution in [-0.4, -0.2) is 5.97 Å². The van der Waals surface area contributed by atoms with Crippen LogP contribution in [0.2, 0.25) is 0 Å². The molecule has 0 amide bonds. The fourth-order valence-corrected chi connectivity index (χ4v) is 1.61. The normalized spacial score (nSPS) is 10.2. The Labute approximate surface area is 109 Å². The van der Waals surface area contributed by atoms with Crippen molar-refractivity contribution in [1.82, 2.24) is 0 Å². The van der Waals surface area contributed by atoms with Crippen LogP contribution in [0, 0.1) is 11.6 Å². The molecule has 0 radical (unpaired) electrons. The van der Waals surface area contributed by atoms with Gasteiger partial charge in [0, 0.05) is 6.07 Å². The molecule has 2 rings (SSSR count). The van der Waals surface area contributed by atoms with Crippen LogP contribution in [0.15, 0.2) is 48.5 Å². The summed E-state index contributed by atoms with van der Waals surface area (Å²) in [5.41, 5.74) is 0.981. The highest BCUT2D eigenvalue weighted by Crippen LogP contribution is 2.11. The number of halogens is 2. The summed E-state index contributed by atoms with van der Waals surface area (Å²) in [7, 11) is 0. The zero-order valence-corrected chi connectivity index (χ0v) is 10.1. The van der Waals surface area contributed by atoms with Gasteiger partial charge in [-0.1, -0.05) is 36.4 Å². The van der Waals surface area contributed by atoms with Crippen molar-refractivity contribution >= 4 is 5.97 Å². The van der Waals surface area contributed by atoms with Crippen LogP contribution in [0.25, 0.3) is 0 Å². The average Bonchev–Trinajstić information content (AvgIpc) is 2.41. The lowest BCUT2D eigenvalue weighted by Gasteiger charge is -2.05. The van der Waals surface area contributed by atoms with Gasteiger partial charge in [-0.25, -0.2) is 8.78 Å². The van der Waals surface area contributed by atoms with Gasteiger partial charge in [-0.2, -0.15) is 0 Å². The van der Waals surface area contributed by atoms with Crippen molar-refractivity contribution in [2.24, 2.45) is 0 Å². The Morgan fingerprint density at radius 2 is 1.79 bits per heavy atom. The van der Waals surface area contributed by atoms with E-state index < -0.39 is 17.6 Å². The van der Waals surface area contributed by atoms with Crippen molar-refractivity contribution in [2.75, 3.05) is 0 Å². The molecule has 0 bridgehead atoms. The van der Waals surface area contributed by atoms with Crippen molar-refractivity contribution < 1.29 is 18.3 Å². The Kier molecular flexibility index (Phi) is 4.23. The van der Waals surface area contributed by atoms with Crippen molar-refractivity contribution in [3.8, 4) is 0 Å². The van der Waals surface area contributed by atoms with E-state index in [0.717, 1.165) is 17.7 Å². The summed E-state index contributed by atoms with van der Waals surface area (Å²) in [5.74, 6) is -1.95. The number of benzene rings is 2. The number of carbonyl (C=O) groups excluding carboxylic acids is 1. The Bertz CT molecular complexity index is 568. The van der Waals surface area contributed by atoms with Gasteiger partial charge >= 0.3 is 5.97 Å². The molecule has 0 atom stereocenters. The number of hydrogen-bond donors (Lipinski definition) is 0. The third kappa shape index (κ3) is 3.88. The molecule has 0 N–H and O–H groups in total. The smallest absolute Gasteiger partial charge is 0.310 e. The molecular formula is C15H12F2O2. The molecule has 0 fully saturated rings. The molecule has 19 heavy (non-hydrogen) atoms. The van der Waals surface area contributed by atoms with Gasteiger partial charge in [0.25, 0.3) is 0 Å². The van der Waals surface area contributed by atoms with Gasteiger partial charge in [-0.3, -0.25) is 4.79 Å². The van der Waals surface area contributed by atoms with E-state index in [-0.39, 0.29) is 18.6 Å². The molecule has 0 unspecified atom stereocenters. The first-order valence-electron chi connectivity index (χ1n) is 5.78. The van der Waals surface area contributed by atoms with E-state index in [1.807, 2.05) is 30.3 Å². The van der Waals surface area contributed by atoms with Crippen LogP contribution in [-0.2, 0) is 22.6 Å². The average molecular weight is 262 g/mol. The van der Waals surface area contributed by atoms with Crippen LogP contribution < -0.4 is 0 Å². The molecule has 0 aliphatic rings. The topological polar surface area (TPSA) is 26.3 Å². The standard InChI is InChI=1S/C15H12F2O2/c16-13-7-6-12(14(17)9-13)8-15(18)19-10-11-4-2-1-3-5-11/h1-7,9H,8,10H2. The van der Waals surface area contributed by atoms with Crippen molar-refractivity contribution in [3.05, 3.63) is 71.3 Å². The van der Waals surface area contributed by atoms with Crippen LogP contribution >= 0.6 is 0 Å². The first-order valence-corrected chi connectivity index (χ1v) is 5.78. The number of rotatable bonds is 4. The minimum Gasteiger partial charge on any atom is -0.461 e. The van der Waals surface area contributed by atoms with E-state index in [2.05, 4.69) is 0 Å².